The average molecular weight is 339 g/mol. The molecule has 1 aromatic carbocycles. The SMILES string of the molecule is CS(=O)(=O)c1cccc(N2CC3CCCC(N)C3C2)c1[N+](=O)[O-]. The summed E-state index contributed by atoms with van der Waals surface area (Å²) in [5.41, 5.74) is 6.27. The fourth-order valence-electron chi connectivity index (χ4n) is 3.96. The Morgan fingerprint density at radius 3 is 2.65 bits per heavy atom. The van der Waals surface area contributed by atoms with Gasteiger partial charge in [0.2, 0.25) is 0 Å². The van der Waals surface area contributed by atoms with E-state index in [0.29, 0.717) is 30.6 Å². The van der Waals surface area contributed by atoms with Gasteiger partial charge in [0.25, 0.3) is 0 Å². The quantitative estimate of drug-likeness (QED) is 0.661. The fourth-order valence-corrected chi connectivity index (χ4v) is 4.82. The average Bonchev–Trinajstić information content (AvgIpc) is 2.91. The maximum atomic E-state index is 11.9. The lowest BCUT2D eigenvalue weighted by Crippen LogP contribution is -2.38. The molecule has 8 heteroatoms. The first kappa shape index (κ1) is 16.2. The second-order valence-corrected chi connectivity index (χ2v) is 8.56. The first-order chi connectivity index (χ1) is 10.8. The normalized spacial score (nSPS) is 27.7. The van der Waals surface area contributed by atoms with Crippen molar-refractivity contribution < 1.29 is 13.3 Å². The minimum Gasteiger partial charge on any atom is -0.365 e. The molecule has 1 saturated heterocycles. The van der Waals surface area contributed by atoms with E-state index in [0.717, 1.165) is 25.5 Å². The number of nitro benzene ring substituents is 1. The summed E-state index contributed by atoms with van der Waals surface area (Å²) in [6, 6.07) is 4.62. The van der Waals surface area contributed by atoms with E-state index in [1.54, 1.807) is 12.1 Å². The lowest BCUT2D eigenvalue weighted by atomic mass is 9.78. The largest absolute Gasteiger partial charge is 0.365 e. The summed E-state index contributed by atoms with van der Waals surface area (Å²) in [6.45, 7) is 1.35. The number of hydrogen-bond acceptors (Lipinski definition) is 6. The molecule has 2 aliphatic rings. The molecule has 0 bridgehead atoms. The summed E-state index contributed by atoms with van der Waals surface area (Å²) in [5, 5.41) is 11.5. The molecule has 1 aromatic rings. The highest BCUT2D eigenvalue weighted by Crippen LogP contribution is 2.42. The zero-order chi connectivity index (χ0) is 16.8. The van der Waals surface area contributed by atoms with Crippen molar-refractivity contribution >= 4 is 21.2 Å². The highest BCUT2D eigenvalue weighted by molar-refractivity contribution is 7.90. The summed E-state index contributed by atoms with van der Waals surface area (Å²) in [5.74, 6) is 0.755. The number of fused-ring (bicyclic) bond motifs is 1. The Morgan fingerprint density at radius 1 is 1.30 bits per heavy atom. The van der Waals surface area contributed by atoms with Crippen LogP contribution in [0.4, 0.5) is 11.4 Å². The van der Waals surface area contributed by atoms with Crippen LogP contribution in [0.3, 0.4) is 0 Å². The van der Waals surface area contributed by atoms with Crippen LogP contribution in [0.1, 0.15) is 19.3 Å². The predicted octanol–water partition coefficient (Wildman–Crippen LogP) is 1.56. The Morgan fingerprint density at radius 2 is 2.04 bits per heavy atom. The number of nitrogens with two attached hydrogens (primary N) is 1. The number of sulfone groups is 1. The highest BCUT2D eigenvalue weighted by Gasteiger charge is 2.41. The third kappa shape index (κ3) is 2.92. The van der Waals surface area contributed by atoms with Crippen molar-refractivity contribution in [1.29, 1.82) is 0 Å². The van der Waals surface area contributed by atoms with Gasteiger partial charge in [0.1, 0.15) is 10.6 Å². The monoisotopic (exact) mass is 339 g/mol. The van der Waals surface area contributed by atoms with Crippen LogP contribution < -0.4 is 10.6 Å². The summed E-state index contributed by atoms with van der Waals surface area (Å²) >= 11 is 0. The molecule has 2 N–H and O–H groups in total. The van der Waals surface area contributed by atoms with Crippen molar-refractivity contribution in [2.75, 3.05) is 24.2 Å². The van der Waals surface area contributed by atoms with Crippen molar-refractivity contribution in [2.45, 2.75) is 30.2 Å². The van der Waals surface area contributed by atoms with Gasteiger partial charge in [0.15, 0.2) is 9.84 Å². The smallest absolute Gasteiger partial charge is 0.311 e. The summed E-state index contributed by atoms with van der Waals surface area (Å²) < 4.78 is 23.8. The Hall–Kier alpha value is -1.67. The van der Waals surface area contributed by atoms with E-state index >= 15 is 0 Å². The summed E-state index contributed by atoms with van der Waals surface area (Å²) in [4.78, 5) is 12.6. The third-order valence-electron chi connectivity index (χ3n) is 5.05. The van der Waals surface area contributed by atoms with Gasteiger partial charge in [-0.05, 0) is 36.8 Å². The van der Waals surface area contributed by atoms with Crippen LogP contribution >= 0.6 is 0 Å². The van der Waals surface area contributed by atoms with Crippen molar-refractivity contribution in [3.63, 3.8) is 0 Å². The molecule has 7 nitrogen and oxygen atoms in total. The van der Waals surface area contributed by atoms with Crippen LogP contribution in [0.15, 0.2) is 23.1 Å². The first-order valence-corrected chi connectivity index (χ1v) is 9.66. The molecule has 126 valence electrons. The van der Waals surface area contributed by atoms with E-state index in [4.69, 9.17) is 5.73 Å². The van der Waals surface area contributed by atoms with Gasteiger partial charge >= 0.3 is 5.69 Å². The van der Waals surface area contributed by atoms with E-state index in [1.807, 2.05) is 4.90 Å². The number of nitro groups is 1. The molecule has 23 heavy (non-hydrogen) atoms. The van der Waals surface area contributed by atoms with Gasteiger partial charge in [-0.25, -0.2) is 8.42 Å². The lowest BCUT2D eigenvalue weighted by Gasteiger charge is -2.29. The van der Waals surface area contributed by atoms with E-state index in [2.05, 4.69) is 0 Å². The van der Waals surface area contributed by atoms with Crippen LogP contribution in [-0.2, 0) is 9.84 Å². The Balaban J connectivity index is 2.02. The molecule has 3 rings (SSSR count). The van der Waals surface area contributed by atoms with Crippen molar-refractivity contribution in [1.82, 2.24) is 0 Å². The molecule has 1 saturated carbocycles. The number of rotatable bonds is 3. The zero-order valence-electron chi connectivity index (χ0n) is 13.0. The lowest BCUT2D eigenvalue weighted by molar-refractivity contribution is -0.387. The molecule has 1 aliphatic carbocycles. The van der Waals surface area contributed by atoms with Gasteiger partial charge in [-0.3, -0.25) is 10.1 Å². The minimum absolute atomic E-state index is 0.121. The topological polar surface area (TPSA) is 107 Å². The van der Waals surface area contributed by atoms with Crippen LogP contribution in [0.25, 0.3) is 0 Å². The fraction of sp³-hybridized carbons (Fsp3) is 0.600. The van der Waals surface area contributed by atoms with Gasteiger partial charge in [0, 0.05) is 25.4 Å². The molecule has 0 radical (unpaired) electrons. The number of anilines is 1. The van der Waals surface area contributed by atoms with Crippen LogP contribution in [-0.4, -0.2) is 38.7 Å². The maximum Gasteiger partial charge on any atom is 0.311 e. The van der Waals surface area contributed by atoms with Gasteiger partial charge in [0.05, 0.1) is 4.92 Å². The van der Waals surface area contributed by atoms with Crippen LogP contribution in [0.2, 0.25) is 0 Å². The molecule has 0 amide bonds. The standard InChI is InChI=1S/C15H21N3O4S/c1-23(21,22)14-7-3-6-13(15(14)18(19)20)17-8-10-4-2-5-12(16)11(10)9-17/h3,6-7,10-12H,2,4-5,8-9,16H2,1H3. The summed E-state index contributed by atoms with van der Waals surface area (Å²) in [6.07, 6.45) is 4.15. The highest BCUT2D eigenvalue weighted by atomic mass is 32.2. The third-order valence-corrected chi connectivity index (χ3v) is 6.18. The second-order valence-electron chi connectivity index (χ2n) is 6.58. The van der Waals surface area contributed by atoms with Gasteiger partial charge in [-0.2, -0.15) is 0 Å². The molecular weight excluding hydrogens is 318 g/mol. The summed E-state index contributed by atoms with van der Waals surface area (Å²) in [7, 11) is -3.66. The first-order valence-electron chi connectivity index (χ1n) is 7.77. The van der Waals surface area contributed by atoms with Gasteiger partial charge in [-0.1, -0.05) is 12.5 Å². The predicted molar refractivity (Wildman–Crippen MR) is 87.2 cm³/mol. The molecule has 0 aromatic heterocycles. The Bertz CT molecular complexity index is 734. The van der Waals surface area contributed by atoms with E-state index in [1.165, 1.54) is 6.07 Å². The molecule has 0 spiro atoms. The van der Waals surface area contributed by atoms with Crippen LogP contribution in [0.5, 0.6) is 0 Å². The number of benzene rings is 1. The van der Waals surface area contributed by atoms with Crippen molar-refractivity contribution in [3.05, 3.63) is 28.3 Å². The molecule has 2 fully saturated rings. The van der Waals surface area contributed by atoms with Crippen LogP contribution in [0, 0.1) is 22.0 Å². The van der Waals surface area contributed by atoms with Gasteiger partial charge < -0.3 is 10.6 Å². The van der Waals surface area contributed by atoms with Crippen molar-refractivity contribution in [2.24, 2.45) is 17.6 Å². The van der Waals surface area contributed by atoms with E-state index in [9.17, 15) is 18.5 Å². The molecule has 1 aliphatic heterocycles. The maximum absolute atomic E-state index is 11.9. The number of para-hydroxylation sites is 1. The number of nitrogens with zero attached hydrogens (tertiary/aromatic N) is 2. The second kappa shape index (κ2) is 5.76. The molecule has 3 atom stereocenters. The Kier molecular flexibility index (Phi) is 4.05. The van der Waals surface area contributed by atoms with E-state index in [-0.39, 0.29) is 16.6 Å². The van der Waals surface area contributed by atoms with Gasteiger partial charge in [-0.15, -0.1) is 0 Å². The number of hydrogen-bond donors (Lipinski definition) is 1. The minimum atomic E-state index is -3.66. The Labute approximate surface area is 135 Å². The molecular formula is C15H21N3O4S. The van der Waals surface area contributed by atoms with Crippen molar-refractivity contribution in [3.8, 4) is 0 Å². The molecule has 1 heterocycles. The van der Waals surface area contributed by atoms with E-state index < -0.39 is 14.8 Å². The zero-order valence-corrected chi connectivity index (χ0v) is 13.8. The molecule has 3 unspecified atom stereocenters.